The quantitative estimate of drug-likeness (QED) is 0.698. The molecule has 1 aromatic heterocycles. The summed E-state index contributed by atoms with van der Waals surface area (Å²) in [5.41, 5.74) is 9.76. The zero-order chi connectivity index (χ0) is 16.4. The minimum Gasteiger partial charge on any atom is -0.399 e. The van der Waals surface area contributed by atoms with Crippen molar-refractivity contribution in [3.8, 4) is 0 Å². The van der Waals surface area contributed by atoms with Crippen molar-refractivity contribution < 1.29 is 9.23 Å². The minimum atomic E-state index is -0.232. The first-order chi connectivity index (χ1) is 11.1. The van der Waals surface area contributed by atoms with E-state index in [-0.39, 0.29) is 23.6 Å². The molecule has 2 N–H and O–H groups in total. The lowest BCUT2D eigenvalue weighted by Gasteiger charge is -2.30. The van der Waals surface area contributed by atoms with Crippen LogP contribution in [-0.4, -0.2) is 23.3 Å². The van der Waals surface area contributed by atoms with Crippen LogP contribution in [0.1, 0.15) is 40.8 Å². The van der Waals surface area contributed by atoms with Crippen LogP contribution in [-0.2, 0) is 11.3 Å². The Labute approximate surface area is 134 Å². The van der Waals surface area contributed by atoms with Crippen molar-refractivity contribution in [2.75, 3.05) is 12.8 Å². The lowest BCUT2D eigenvalue weighted by atomic mass is 9.76. The number of benzene rings is 1. The van der Waals surface area contributed by atoms with E-state index in [2.05, 4.69) is 15.1 Å². The number of rotatable bonds is 3. The first kappa shape index (κ1) is 15.4. The van der Waals surface area contributed by atoms with Gasteiger partial charge in [0.25, 0.3) is 0 Å². The monoisotopic (exact) mass is 314 g/mol. The maximum absolute atomic E-state index is 13.2. The summed E-state index contributed by atoms with van der Waals surface area (Å²) in [6.45, 7) is 1.93. The predicted octanol–water partition coefficient (Wildman–Crippen LogP) is 2.95. The molecule has 0 fully saturated rings. The van der Waals surface area contributed by atoms with E-state index in [9.17, 15) is 4.39 Å². The van der Waals surface area contributed by atoms with E-state index in [0.717, 1.165) is 35.4 Å². The fourth-order valence-electron chi connectivity index (χ4n) is 3.30. The first-order valence-electron chi connectivity index (χ1n) is 7.53. The number of aromatic nitrogens is 2. The average Bonchev–Trinajstić information content (AvgIpc) is 2.52. The highest BCUT2D eigenvalue weighted by Gasteiger charge is 2.30. The number of hydrogen-bond donors (Lipinski definition) is 1. The molecule has 1 aromatic carbocycles. The molecular formula is C17H19FN4O. The Kier molecular flexibility index (Phi) is 4.23. The van der Waals surface area contributed by atoms with Gasteiger partial charge in [0.1, 0.15) is 12.9 Å². The van der Waals surface area contributed by atoms with E-state index < -0.39 is 0 Å². The van der Waals surface area contributed by atoms with Crippen LogP contribution < -0.4 is 5.73 Å². The Morgan fingerprint density at radius 2 is 2.04 bits per heavy atom. The molecule has 2 aromatic rings. The Morgan fingerprint density at radius 1 is 1.30 bits per heavy atom. The fourth-order valence-corrected chi connectivity index (χ4v) is 3.30. The van der Waals surface area contributed by atoms with Crippen LogP contribution in [0.3, 0.4) is 0 Å². The summed E-state index contributed by atoms with van der Waals surface area (Å²) in [5, 5.41) is 3.93. The normalized spacial score (nSPS) is 20.5. The molecule has 0 bridgehead atoms. The second-order valence-electron chi connectivity index (χ2n) is 5.76. The summed E-state index contributed by atoms with van der Waals surface area (Å²) in [5.74, 6) is 0.327. The molecule has 0 spiro atoms. The number of anilines is 1. The number of nitrogens with zero attached hydrogens (tertiary/aromatic N) is 3. The van der Waals surface area contributed by atoms with E-state index in [1.54, 1.807) is 6.21 Å². The van der Waals surface area contributed by atoms with Gasteiger partial charge in [0.2, 0.25) is 5.95 Å². The number of nitrogen functional groups attached to an aromatic ring is 1. The standard InChI is InChI=1S/C17H19FN4O/c1-10-16-13(9-20-23-2)7-12(8-15(16)22-17(19)21-10)11-3-5-14(18)6-4-11/h3-6,9,12-13H,7-8H2,1-2H3,(H2,19,21,22). The highest BCUT2D eigenvalue weighted by Crippen LogP contribution is 2.39. The van der Waals surface area contributed by atoms with Crippen molar-refractivity contribution in [2.45, 2.75) is 31.6 Å². The third-order valence-corrected chi connectivity index (χ3v) is 4.27. The van der Waals surface area contributed by atoms with Crippen molar-refractivity contribution in [3.63, 3.8) is 0 Å². The topological polar surface area (TPSA) is 73.4 Å². The van der Waals surface area contributed by atoms with Gasteiger partial charge in [0.05, 0.1) is 11.9 Å². The summed E-state index contributed by atoms with van der Waals surface area (Å²) < 4.78 is 13.2. The number of halogens is 1. The molecule has 0 aliphatic heterocycles. The van der Waals surface area contributed by atoms with Gasteiger partial charge in [-0.25, -0.2) is 14.4 Å². The molecule has 120 valence electrons. The van der Waals surface area contributed by atoms with E-state index in [0.29, 0.717) is 0 Å². The van der Waals surface area contributed by atoms with Crippen molar-refractivity contribution in [1.29, 1.82) is 0 Å². The van der Waals surface area contributed by atoms with Crippen molar-refractivity contribution in [3.05, 3.63) is 52.6 Å². The number of fused-ring (bicyclic) bond motifs is 1. The number of nitrogens with two attached hydrogens (primary N) is 1. The molecule has 5 nitrogen and oxygen atoms in total. The predicted molar refractivity (Wildman–Crippen MR) is 86.9 cm³/mol. The van der Waals surface area contributed by atoms with E-state index in [4.69, 9.17) is 10.6 Å². The van der Waals surface area contributed by atoms with Crippen LogP contribution in [0.2, 0.25) is 0 Å². The highest BCUT2D eigenvalue weighted by atomic mass is 19.1. The zero-order valence-corrected chi connectivity index (χ0v) is 13.2. The minimum absolute atomic E-state index is 0.0503. The second kappa shape index (κ2) is 6.32. The van der Waals surface area contributed by atoms with Gasteiger partial charge in [-0.2, -0.15) is 0 Å². The van der Waals surface area contributed by atoms with Gasteiger partial charge in [-0.15, -0.1) is 0 Å². The molecule has 1 heterocycles. The van der Waals surface area contributed by atoms with E-state index in [1.165, 1.54) is 19.2 Å². The molecule has 3 rings (SSSR count). The molecule has 2 atom stereocenters. The number of hydrogen-bond acceptors (Lipinski definition) is 5. The van der Waals surface area contributed by atoms with Gasteiger partial charge in [-0.05, 0) is 43.4 Å². The summed E-state index contributed by atoms with van der Waals surface area (Å²) >= 11 is 0. The van der Waals surface area contributed by atoms with Gasteiger partial charge >= 0.3 is 0 Å². The summed E-state index contributed by atoms with van der Waals surface area (Å²) in [6.07, 6.45) is 3.38. The molecule has 0 saturated carbocycles. The van der Waals surface area contributed by atoms with Crippen molar-refractivity contribution >= 4 is 12.2 Å². The van der Waals surface area contributed by atoms with Crippen LogP contribution >= 0.6 is 0 Å². The highest BCUT2D eigenvalue weighted by molar-refractivity contribution is 5.69. The average molecular weight is 314 g/mol. The second-order valence-corrected chi connectivity index (χ2v) is 5.76. The third kappa shape index (κ3) is 3.16. The molecule has 1 aliphatic carbocycles. The molecule has 0 radical (unpaired) electrons. The van der Waals surface area contributed by atoms with Gasteiger partial charge in [0.15, 0.2) is 0 Å². The van der Waals surface area contributed by atoms with Crippen LogP contribution in [0, 0.1) is 12.7 Å². The fraction of sp³-hybridized carbons (Fsp3) is 0.353. The Balaban J connectivity index is 2.01. The Morgan fingerprint density at radius 3 is 2.74 bits per heavy atom. The van der Waals surface area contributed by atoms with Crippen LogP contribution in [0.25, 0.3) is 0 Å². The smallest absolute Gasteiger partial charge is 0.220 e. The summed E-state index contributed by atoms with van der Waals surface area (Å²) in [7, 11) is 1.52. The van der Waals surface area contributed by atoms with Gasteiger partial charge in [0, 0.05) is 17.2 Å². The summed E-state index contributed by atoms with van der Waals surface area (Å²) in [4.78, 5) is 13.5. The van der Waals surface area contributed by atoms with Crippen LogP contribution in [0.4, 0.5) is 10.3 Å². The zero-order valence-electron chi connectivity index (χ0n) is 13.2. The molecule has 1 aliphatic rings. The van der Waals surface area contributed by atoms with Crippen molar-refractivity contribution in [1.82, 2.24) is 9.97 Å². The molecule has 6 heteroatoms. The first-order valence-corrected chi connectivity index (χ1v) is 7.53. The number of aryl methyl sites for hydroxylation is 1. The molecule has 0 saturated heterocycles. The molecule has 0 amide bonds. The van der Waals surface area contributed by atoms with E-state index >= 15 is 0 Å². The van der Waals surface area contributed by atoms with Gasteiger partial charge in [-0.1, -0.05) is 17.3 Å². The molecular weight excluding hydrogens is 295 g/mol. The summed E-state index contributed by atoms with van der Waals surface area (Å²) in [6, 6.07) is 6.63. The SMILES string of the molecule is CON=CC1CC(c2ccc(F)cc2)Cc2nc(N)nc(C)c21. The Bertz CT molecular complexity index is 730. The van der Waals surface area contributed by atoms with Crippen LogP contribution in [0.5, 0.6) is 0 Å². The largest absolute Gasteiger partial charge is 0.399 e. The lowest BCUT2D eigenvalue weighted by molar-refractivity contribution is 0.213. The van der Waals surface area contributed by atoms with Crippen LogP contribution in [0.15, 0.2) is 29.4 Å². The maximum atomic E-state index is 13.2. The number of oxime groups is 1. The van der Waals surface area contributed by atoms with Gasteiger partial charge < -0.3 is 10.6 Å². The van der Waals surface area contributed by atoms with Crippen molar-refractivity contribution in [2.24, 2.45) is 5.16 Å². The maximum Gasteiger partial charge on any atom is 0.220 e. The molecule has 2 unspecified atom stereocenters. The van der Waals surface area contributed by atoms with Gasteiger partial charge in [-0.3, -0.25) is 0 Å². The molecule has 23 heavy (non-hydrogen) atoms. The Hall–Kier alpha value is -2.50. The lowest BCUT2D eigenvalue weighted by Crippen LogP contribution is -2.22. The van der Waals surface area contributed by atoms with E-state index in [1.807, 2.05) is 19.1 Å². The third-order valence-electron chi connectivity index (χ3n) is 4.27.